The monoisotopic (exact) mass is 568 g/mol. The Balaban J connectivity index is 1.52. The molecule has 1 saturated heterocycles. The summed E-state index contributed by atoms with van der Waals surface area (Å²) in [6, 6.07) is 7.93. The normalized spacial score (nSPS) is 18.4. The summed E-state index contributed by atoms with van der Waals surface area (Å²) >= 11 is 9.25. The SMILES string of the molecule is O=C(Nc1ccc(F)c(Br)c1)c1cc(S(=O)(=O)N2CCC(O)(C3=CCCC=C3)CC2)ccc1Cl. The predicted octanol–water partition coefficient (Wildman–Crippen LogP) is 5.29. The van der Waals surface area contributed by atoms with Crippen LogP contribution in [0.25, 0.3) is 0 Å². The zero-order chi connectivity index (χ0) is 24.5. The van der Waals surface area contributed by atoms with E-state index in [0.29, 0.717) is 5.69 Å². The first-order valence-corrected chi connectivity index (χ1v) is 13.4. The Bertz CT molecular complexity index is 1290. The Hall–Kier alpha value is -2.04. The molecule has 1 amide bonds. The van der Waals surface area contributed by atoms with Crippen LogP contribution < -0.4 is 5.32 Å². The van der Waals surface area contributed by atoms with Crippen molar-refractivity contribution in [1.82, 2.24) is 4.31 Å². The lowest BCUT2D eigenvalue weighted by Crippen LogP contribution is -2.47. The Morgan fingerprint density at radius 2 is 1.88 bits per heavy atom. The van der Waals surface area contributed by atoms with E-state index in [0.717, 1.165) is 18.4 Å². The quantitative estimate of drug-likeness (QED) is 0.513. The number of sulfonamides is 1. The number of allylic oxidation sites excluding steroid dienone is 2. The lowest BCUT2D eigenvalue weighted by atomic mass is 9.82. The van der Waals surface area contributed by atoms with E-state index in [1.54, 1.807) is 0 Å². The molecule has 1 aliphatic carbocycles. The summed E-state index contributed by atoms with van der Waals surface area (Å²) in [6.45, 7) is 0.301. The van der Waals surface area contributed by atoms with Gasteiger partial charge in [-0.2, -0.15) is 4.31 Å². The fourth-order valence-electron chi connectivity index (χ4n) is 4.10. The van der Waals surface area contributed by atoms with Gasteiger partial charge in [0.15, 0.2) is 0 Å². The van der Waals surface area contributed by atoms with Gasteiger partial charge in [-0.05, 0) is 83.6 Å². The molecule has 0 spiro atoms. The lowest BCUT2D eigenvalue weighted by Gasteiger charge is -2.39. The average Bonchev–Trinajstić information content (AvgIpc) is 2.82. The van der Waals surface area contributed by atoms with Crippen LogP contribution in [0.15, 0.2) is 69.6 Å². The van der Waals surface area contributed by atoms with Crippen LogP contribution in [0.2, 0.25) is 5.02 Å². The van der Waals surface area contributed by atoms with Gasteiger partial charge in [-0.3, -0.25) is 4.79 Å². The van der Waals surface area contributed by atoms with Crippen LogP contribution >= 0.6 is 27.5 Å². The number of nitrogens with zero attached hydrogens (tertiary/aromatic N) is 1. The fourth-order valence-corrected chi connectivity index (χ4v) is 6.15. The van der Waals surface area contributed by atoms with Crippen molar-refractivity contribution >= 4 is 49.1 Å². The van der Waals surface area contributed by atoms with Gasteiger partial charge in [-0.1, -0.05) is 29.8 Å². The standard InChI is InChI=1S/C24H23BrClFN2O4S/c25-20-14-17(6-9-22(20)27)28-23(30)19-15-18(7-8-21(19)26)34(32,33)29-12-10-24(31,11-13-29)16-4-2-1-3-5-16/h2,4-9,14-15,31H,1,3,10-13H2,(H,28,30). The van der Waals surface area contributed by atoms with Crippen LogP contribution in [0.1, 0.15) is 36.0 Å². The molecule has 1 aliphatic heterocycles. The van der Waals surface area contributed by atoms with Crippen molar-refractivity contribution in [3.8, 4) is 0 Å². The smallest absolute Gasteiger partial charge is 0.257 e. The van der Waals surface area contributed by atoms with Gasteiger partial charge < -0.3 is 10.4 Å². The van der Waals surface area contributed by atoms with Gasteiger partial charge in [-0.15, -0.1) is 0 Å². The third kappa shape index (κ3) is 5.13. The number of hydrogen-bond acceptors (Lipinski definition) is 4. The van der Waals surface area contributed by atoms with Crippen LogP contribution in [0.5, 0.6) is 0 Å². The van der Waals surface area contributed by atoms with Gasteiger partial charge >= 0.3 is 0 Å². The van der Waals surface area contributed by atoms with Crippen molar-refractivity contribution in [2.24, 2.45) is 0 Å². The number of hydrogen-bond donors (Lipinski definition) is 2. The first kappa shape index (κ1) is 25.1. The number of halogens is 3. The molecule has 2 aromatic carbocycles. The van der Waals surface area contributed by atoms with E-state index in [9.17, 15) is 22.7 Å². The number of piperidine rings is 1. The van der Waals surface area contributed by atoms with Gasteiger partial charge in [0.05, 0.1) is 25.6 Å². The molecule has 0 atom stereocenters. The highest BCUT2D eigenvalue weighted by Gasteiger charge is 2.39. The van der Waals surface area contributed by atoms with Gasteiger partial charge in [-0.25, -0.2) is 12.8 Å². The second kappa shape index (κ2) is 9.91. The molecule has 2 aromatic rings. The first-order valence-electron chi connectivity index (χ1n) is 10.8. The molecule has 0 radical (unpaired) electrons. The van der Waals surface area contributed by atoms with E-state index in [1.165, 1.54) is 40.7 Å². The molecule has 0 bridgehead atoms. The minimum atomic E-state index is -3.91. The Morgan fingerprint density at radius 3 is 2.53 bits per heavy atom. The number of anilines is 1. The van der Waals surface area contributed by atoms with E-state index in [1.807, 2.05) is 18.2 Å². The largest absolute Gasteiger partial charge is 0.385 e. The Kier molecular flexibility index (Phi) is 7.30. The summed E-state index contributed by atoms with van der Waals surface area (Å²) in [7, 11) is -3.91. The van der Waals surface area contributed by atoms with Crippen molar-refractivity contribution in [3.63, 3.8) is 0 Å². The van der Waals surface area contributed by atoms with Crippen LogP contribution in [-0.4, -0.2) is 42.4 Å². The number of nitrogens with one attached hydrogen (secondary N) is 1. The van der Waals surface area contributed by atoms with Crippen LogP contribution in [-0.2, 0) is 10.0 Å². The molecule has 1 fully saturated rings. The number of aliphatic hydroxyl groups is 1. The third-order valence-corrected chi connectivity index (χ3v) is 8.91. The van der Waals surface area contributed by atoms with Gasteiger partial charge in [0.2, 0.25) is 10.0 Å². The molecule has 4 rings (SSSR count). The molecule has 10 heteroatoms. The molecule has 1 heterocycles. The molecule has 34 heavy (non-hydrogen) atoms. The summed E-state index contributed by atoms with van der Waals surface area (Å²) in [4.78, 5) is 12.7. The highest BCUT2D eigenvalue weighted by Crippen LogP contribution is 2.35. The van der Waals surface area contributed by atoms with Crippen molar-refractivity contribution in [2.75, 3.05) is 18.4 Å². The zero-order valence-corrected chi connectivity index (χ0v) is 21.3. The maximum Gasteiger partial charge on any atom is 0.257 e. The maximum atomic E-state index is 13.5. The van der Waals surface area contributed by atoms with Crippen molar-refractivity contribution in [1.29, 1.82) is 0 Å². The molecule has 2 N–H and O–H groups in total. The number of carbonyl (C=O) groups excluding carboxylic acids is 1. The maximum absolute atomic E-state index is 13.5. The minimum absolute atomic E-state index is 0.0193. The van der Waals surface area contributed by atoms with E-state index in [-0.39, 0.29) is 45.9 Å². The topological polar surface area (TPSA) is 86.7 Å². The number of benzene rings is 2. The molecular formula is C24H23BrClFN2O4S. The van der Waals surface area contributed by atoms with E-state index < -0.39 is 27.3 Å². The summed E-state index contributed by atoms with van der Waals surface area (Å²) < 4.78 is 41.5. The Morgan fingerprint density at radius 1 is 1.15 bits per heavy atom. The van der Waals surface area contributed by atoms with Crippen LogP contribution in [0.4, 0.5) is 10.1 Å². The molecule has 180 valence electrons. The molecule has 2 aliphatic rings. The fraction of sp³-hybridized carbons (Fsp3) is 0.292. The van der Waals surface area contributed by atoms with Gasteiger partial charge in [0, 0.05) is 18.8 Å². The average molecular weight is 570 g/mol. The van der Waals surface area contributed by atoms with E-state index >= 15 is 0 Å². The first-order chi connectivity index (χ1) is 16.1. The summed E-state index contributed by atoms with van der Waals surface area (Å²) in [5.41, 5.74) is 0.101. The highest BCUT2D eigenvalue weighted by atomic mass is 79.9. The number of amides is 1. The minimum Gasteiger partial charge on any atom is -0.385 e. The van der Waals surface area contributed by atoms with Crippen molar-refractivity contribution in [2.45, 2.75) is 36.2 Å². The second-order valence-corrected chi connectivity index (χ2v) is 11.5. The molecule has 6 nitrogen and oxygen atoms in total. The summed E-state index contributed by atoms with van der Waals surface area (Å²) in [5, 5.41) is 13.7. The number of carbonyl (C=O) groups is 1. The van der Waals surface area contributed by atoms with E-state index in [4.69, 9.17) is 11.6 Å². The lowest BCUT2D eigenvalue weighted by molar-refractivity contribution is 0.0314. The second-order valence-electron chi connectivity index (χ2n) is 8.30. The van der Waals surface area contributed by atoms with Crippen molar-refractivity contribution in [3.05, 3.63) is 81.1 Å². The molecule has 0 unspecified atom stereocenters. The van der Waals surface area contributed by atoms with Gasteiger partial charge in [0.25, 0.3) is 5.91 Å². The predicted molar refractivity (Wildman–Crippen MR) is 133 cm³/mol. The molecule has 0 saturated carbocycles. The molecular weight excluding hydrogens is 547 g/mol. The zero-order valence-electron chi connectivity index (χ0n) is 18.1. The number of rotatable bonds is 5. The summed E-state index contributed by atoms with van der Waals surface area (Å²) in [5.74, 6) is -1.10. The van der Waals surface area contributed by atoms with Crippen molar-refractivity contribution < 1.29 is 22.7 Å². The third-order valence-electron chi connectivity index (χ3n) is 6.08. The van der Waals surface area contributed by atoms with Gasteiger partial charge in [0.1, 0.15) is 5.82 Å². The Labute approximate surface area is 211 Å². The molecule has 0 aromatic heterocycles. The van der Waals surface area contributed by atoms with Crippen LogP contribution in [0, 0.1) is 5.82 Å². The van der Waals surface area contributed by atoms with E-state index in [2.05, 4.69) is 21.2 Å². The summed E-state index contributed by atoms with van der Waals surface area (Å²) in [6.07, 6.45) is 8.30. The van der Waals surface area contributed by atoms with Crippen LogP contribution in [0.3, 0.4) is 0 Å². The highest BCUT2D eigenvalue weighted by molar-refractivity contribution is 9.10.